The molecular formula is C15H21N3O2. The van der Waals surface area contributed by atoms with Crippen molar-refractivity contribution >= 4 is 0 Å². The van der Waals surface area contributed by atoms with Gasteiger partial charge in [-0.05, 0) is 38.3 Å². The number of nitrogens with one attached hydrogen (secondary N) is 1. The maximum atomic E-state index is 5.83. The Morgan fingerprint density at radius 3 is 3.05 bits per heavy atom. The lowest BCUT2D eigenvalue weighted by molar-refractivity contribution is 0.264. The molecule has 1 saturated carbocycles. The van der Waals surface area contributed by atoms with Gasteiger partial charge < -0.3 is 14.5 Å². The van der Waals surface area contributed by atoms with Crippen molar-refractivity contribution in [3.05, 3.63) is 35.5 Å². The van der Waals surface area contributed by atoms with Crippen LogP contribution >= 0.6 is 0 Å². The molecule has 2 heterocycles. The number of ether oxygens (including phenoxy) is 1. The lowest BCUT2D eigenvalue weighted by atomic mass is 10.2. The van der Waals surface area contributed by atoms with E-state index in [1.807, 2.05) is 23.9 Å². The summed E-state index contributed by atoms with van der Waals surface area (Å²) in [5.74, 6) is 2.65. The Labute approximate surface area is 118 Å². The average Bonchev–Trinajstić information content (AvgIpc) is 3.04. The van der Waals surface area contributed by atoms with Gasteiger partial charge in [-0.2, -0.15) is 5.10 Å². The molecule has 1 N–H and O–H groups in total. The molecule has 0 spiro atoms. The lowest BCUT2D eigenvalue weighted by Crippen LogP contribution is -2.15. The van der Waals surface area contributed by atoms with Crippen LogP contribution in [0.5, 0.6) is 5.75 Å². The molecule has 0 bridgehead atoms. The summed E-state index contributed by atoms with van der Waals surface area (Å²) in [6.07, 6.45) is 6.20. The summed E-state index contributed by atoms with van der Waals surface area (Å²) >= 11 is 0. The second-order valence-corrected chi connectivity index (χ2v) is 5.29. The van der Waals surface area contributed by atoms with Crippen molar-refractivity contribution in [3.63, 3.8) is 0 Å². The second-order valence-electron chi connectivity index (χ2n) is 5.29. The molecule has 0 aromatic carbocycles. The second kappa shape index (κ2) is 5.71. The Morgan fingerprint density at radius 1 is 1.50 bits per heavy atom. The summed E-state index contributed by atoms with van der Waals surface area (Å²) in [6, 6.07) is 2.74. The van der Waals surface area contributed by atoms with Gasteiger partial charge in [-0.3, -0.25) is 4.68 Å². The highest BCUT2D eigenvalue weighted by Crippen LogP contribution is 2.21. The average molecular weight is 275 g/mol. The van der Waals surface area contributed by atoms with Crippen molar-refractivity contribution in [1.82, 2.24) is 15.1 Å². The van der Waals surface area contributed by atoms with Crippen LogP contribution in [0.4, 0.5) is 0 Å². The molecular weight excluding hydrogens is 254 g/mol. The van der Waals surface area contributed by atoms with Crippen LogP contribution in [0.1, 0.15) is 36.8 Å². The Hall–Kier alpha value is -1.75. The van der Waals surface area contributed by atoms with Gasteiger partial charge in [0, 0.05) is 12.6 Å². The first-order valence-corrected chi connectivity index (χ1v) is 7.21. The minimum absolute atomic E-state index is 0.444. The molecule has 2 aromatic rings. The molecule has 0 atom stereocenters. The first kappa shape index (κ1) is 13.2. The van der Waals surface area contributed by atoms with Gasteiger partial charge in [0.05, 0.1) is 18.9 Å². The van der Waals surface area contributed by atoms with E-state index in [9.17, 15) is 0 Å². The van der Waals surface area contributed by atoms with Gasteiger partial charge in [0.1, 0.15) is 18.1 Å². The molecule has 20 heavy (non-hydrogen) atoms. The summed E-state index contributed by atoms with van der Waals surface area (Å²) in [4.78, 5) is 0. The minimum atomic E-state index is 0.444. The molecule has 5 heteroatoms. The van der Waals surface area contributed by atoms with Gasteiger partial charge in [0.15, 0.2) is 5.75 Å². The molecule has 5 nitrogen and oxygen atoms in total. The molecule has 1 aliphatic carbocycles. The quantitative estimate of drug-likeness (QED) is 0.844. The van der Waals surface area contributed by atoms with E-state index in [1.54, 1.807) is 6.20 Å². The summed E-state index contributed by atoms with van der Waals surface area (Å²) in [6.45, 7) is 6.22. The molecule has 0 radical (unpaired) electrons. The fourth-order valence-electron chi connectivity index (χ4n) is 2.11. The van der Waals surface area contributed by atoms with Crippen molar-refractivity contribution in [3.8, 4) is 5.75 Å². The first-order valence-electron chi connectivity index (χ1n) is 7.21. The van der Waals surface area contributed by atoms with E-state index in [2.05, 4.69) is 17.3 Å². The maximum Gasteiger partial charge on any atom is 0.157 e. The zero-order chi connectivity index (χ0) is 13.9. The predicted octanol–water partition coefficient (Wildman–Crippen LogP) is 2.64. The van der Waals surface area contributed by atoms with Crippen LogP contribution in [0.3, 0.4) is 0 Å². The Balaban J connectivity index is 1.55. The van der Waals surface area contributed by atoms with Crippen molar-refractivity contribution in [2.45, 2.75) is 52.4 Å². The molecule has 0 amide bonds. The minimum Gasteiger partial charge on any atom is -0.482 e. The predicted molar refractivity (Wildman–Crippen MR) is 75.5 cm³/mol. The van der Waals surface area contributed by atoms with Crippen LogP contribution in [0.2, 0.25) is 0 Å². The monoisotopic (exact) mass is 275 g/mol. The standard InChI is InChI=1S/C15H21N3O2/c1-3-18-9-14(7-17-18)19-10-13-6-11(2)15(20-13)8-16-12-4-5-12/h6-7,9,12,16H,3-5,8,10H2,1-2H3. The molecule has 1 fully saturated rings. The summed E-state index contributed by atoms with van der Waals surface area (Å²) in [7, 11) is 0. The highest BCUT2D eigenvalue weighted by Gasteiger charge is 2.21. The molecule has 2 aromatic heterocycles. The summed E-state index contributed by atoms with van der Waals surface area (Å²) in [5.41, 5.74) is 1.18. The number of furan rings is 1. The molecule has 1 aliphatic rings. The number of aryl methyl sites for hydroxylation is 2. The van der Waals surface area contributed by atoms with Gasteiger partial charge in [-0.25, -0.2) is 0 Å². The fourth-order valence-corrected chi connectivity index (χ4v) is 2.11. The van der Waals surface area contributed by atoms with Crippen molar-refractivity contribution in [2.24, 2.45) is 0 Å². The van der Waals surface area contributed by atoms with E-state index in [0.717, 1.165) is 30.4 Å². The fraction of sp³-hybridized carbons (Fsp3) is 0.533. The van der Waals surface area contributed by atoms with Crippen LogP contribution in [0.15, 0.2) is 22.9 Å². The number of hydrogen-bond donors (Lipinski definition) is 1. The smallest absolute Gasteiger partial charge is 0.157 e. The number of nitrogens with zero attached hydrogens (tertiary/aromatic N) is 2. The summed E-state index contributed by atoms with van der Waals surface area (Å²) < 4.78 is 13.4. The van der Waals surface area contributed by atoms with E-state index in [0.29, 0.717) is 12.6 Å². The normalized spacial score (nSPS) is 14.7. The van der Waals surface area contributed by atoms with Crippen molar-refractivity contribution < 1.29 is 9.15 Å². The SMILES string of the molecule is CCn1cc(OCc2cc(C)c(CNC3CC3)o2)cn1. The van der Waals surface area contributed by atoms with Crippen LogP contribution in [0.25, 0.3) is 0 Å². The number of hydrogen-bond acceptors (Lipinski definition) is 4. The molecule has 0 unspecified atom stereocenters. The van der Waals surface area contributed by atoms with Crippen molar-refractivity contribution in [2.75, 3.05) is 0 Å². The Morgan fingerprint density at radius 2 is 2.35 bits per heavy atom. The highest BCUT2D eigenvalue weighted by molar-refractivity contribution is 5.20. The van der Waals surface area contributed by atoms with Gasteiger partial charge >= 0.3 is 0 Å². The maximum absolute atomic E-state index is 5.83. The molecule has 0 saturated heterocycles. The lowest BCUT2D eigenvalue weighted by Gasteiger charge is -2.01. The van der Waals surface area contributed by atoms with Crippen LogP contribution in [-0.2, 0) is 19.7 Å². The Kier molecular flexibility index (Phi) is 3.78. The van der Waals surface area contributed by atoms with Crippen LogP contribution in [0, 0.1) is 6.92 Å². The van der Waals surface area contributed by atoms with E-state index in [-0.39, 0.29) is 0 Å². The number of aromatic nitrogens is 2. The first-order chi connectivity index (χ1) is 9.74. The van der Waals surface area contributed by atoms with E-state index >= 15 is 0 Å². The van der Waals surface area contributed by atoms with Gasteiger partial charge in [0.25, 0.3) is 0 Å². The number of rotatable bonds is 7. The third kappa shape index (κ3) is 3.22. The van der Waals surface area contributed by atoms with Gasteiger partial charge in [-0.1, -0.05) is 0 Å². The molecule has 0 aliphatic heterocycles. The van der Waals surface area contributed by atoms with E-state index in [4.69, 9.17) is 9.15 Å². The van der Waals surface area contributed by atoms with Crippen LogP contribution < -0.4 is 10.1 Å². The molecule has 3 rings (SSSR count). The third-order valence-corrected chi connectivity index (χ3v) is 3.51. The van der Waals surface area contributed by atoms with Crippen molar-refractivity contribution in [1.29, 1.82) is 0 Å². The summed E-state index contributed by atoms with van der Waals surface area (Å²) in [5, 5.41) is 7.64. The largest absolute Gasteiger partial charge is 0.482 e. The zero-order valence-electron chi connectivity index (χ0n) is 12.1. The topological polar surface area (TPSA) is 52.2 Å². The van der Waals surface area contributed by atoms with Gasteiger partial charge in [-0.15, -0.1) is 0 Å². The van der Waals surface area contributed by atoms with Gasteiger partial charge in [0.2, 0.25) is 0 Å². The zero-order valence-corrected chi connectivity index (χ0v) is 12.1. The molecule has 108 valence electrons. The Bertz CT molecular complexity index is 569. The van der Waals surface area contributed by atoms with E-state index < -0.39 is 0 Å². The highest BCUT2D eigenvalue weighted by atomic mass is 16.5. The third-order valence-electron chi connectivity index (χ3n) is 3.51. The van der Waals surface area contributed by atoms with Crippen LogP contribution in [-0.4, -0.2) is 15.8 Å². The van der Waals surface area contributed by atoms with E-state index in [1.165, 1.54) is 18.4 Å².